The van der Waals surface area contributed by atoms with E-state index in [1.165, 1.54) is 6.20 Å². The summed E-state index contributed by atoms with van der Waals surface area (Å²) in [4.78, 5) is 18.8. The Morgan fingerprint density at radius 2 is 2.26 bits per heavy atom. The fourth-order valence-electron chi connectivity index (χ4n) is 2.07. The van der Waals surface area contributed by atoms with Crippen LogP contribution in [0.1, 0.15) is 28.9 Å². The smallest absolute Gasteiger partial charge is 0.339 e. The Hall–Kier alpha value is -1.70. The Labute approximate surface area is 111 Å². The lowest BCUT2D eigenvalue weighted by Gasteiger charge is -2.23. The molecular weight excluding hydrogens is 270 g/mol. The van der Waals surface area contributed by atoms with E-state index in [9.17, 15) is 13.2 Å². The second-order valence-corrected chi connectivity index (χ2v) is 6.82. The molecule has 0 bridgehead atoms. The van der Waals surface area contributed by atoms with E-state index in [1.54, 1.807) is 6.92 Å². The number of carboxylic acid groups (broad SMARTS) is 1. The first-order valence-electron chi connectivity index (χ1n) is 5.91. The molecule has 8 heteroatoms. The fraction of sp³-hybridized carbons (Fsp3) is 0.545. The minimum Gasteiger partial charge on any atom is -0.478 e. The van der Waals surface area contributed by atoms with Gasteiger partial charge in [0.1, 0.15) is 0 Å². The van der Waals surface area contributed by atoms with Gasteiger partial charge in [0.25, 0.3) is 0 Å². The molecule has 1 aliphatic heterocycles. The highest BCUT2D eigenvalue weighted by Crippen LogP contribution is 2.16. The molecule has 1 aliphatic rings. The van der Waals surface area contributed by atoms with Crippen molar-refractivity contribution in [2.75, 3.05) is 16.8 Å². The summed E-state index contributed by atoms with van der Waals surface area (Å²) < 4.78 is 23.0. The molecule has 2 N–H and O–H groups in total. The Morgan fingerprint density at radius 3 is 2.84 bits per heavy atom. The third-order valence-corrected chi connectivity index (χ3v) is 4.83. The summed E-state index contributed by atoms with van der Waals surface area (Å²) in [5, 5.41) is 11.8. The van der Waals surface area contributed by atoms with Gasteiger partial charge in [0, 0.05) is 12.2 Å². The predicted molar refractivity (Wildman–Crippen MR) is 69.0 cm³/mol. The van der Waals surface area contributed by atoms with Gasteiger partial charge in [-0.2, -0.15) is 0 Å². The zero-order valence-corrected chi connectivity index (χ0v) is 11.3. The first-order chi connectivity index (χ1) is 8.87. The maximum absolute atomic E-state index is 11.5. The van der Waals surface area contributed by atoms with Gasteiger partial charge in [-0.25, -0.2) is 23.2 Å². The Kier molecular flexibility index (Phi) is 3.70. The molecule has 0 aromatic carbocycles. The van der Waals surface area contributed by atoms with Crippen LogP contribution in [-0.2, 0) is 9.84 Å². The van der Waals surface area contributed by atoms with Crippen LogP contribution >= 0.6 is 0 Å². The van der Waals surface area contributed by atoms with Crippen LogP contribution in [0.15, 0.2) is 6.20 Å². The van der Waals surface area contributed by atoms with Gasteiger partial charge in [0.15, 0.2) is 9.84 Å². The SMILES string of the molecule is Cc1nc(NC2CCCS(=O)(=O)C2)ncc1C(=O)O. The summed E-state index contributed by atoms with van der Waals surface area (Å²) in [6.07, 6.45) is 2.58. The molecule has 1 aromatic rings. The average Bonchev–Trinajstić information content (AvgIpc) is 2.27. The minimum absolute atomic E-state index is 0.0433. The van der Waals surface area contributed by atoms with Gasteiger partial charge >= 0.3 is 5.97 Å². The number of aryl methyl sites for hydroxylation is 1. The highest BCUT2D eigenvalue weighted by atomic mass is 32.2. The van der Waals surface area contributed by atoms with E-state index >= 15 is 0 Å². The van der Waals surface area contributed by atoms with Crippen molar-refractivity contribution in [3.8, 4) is 0 Å². The summed E-state index contributed by atoms with van der Waals surface area (Å²) in [6.45, 7) is 1.58. The van der Waals surface area contributed by atoms with Crippen LogP contribution in [0, 0.1) is 6.92 Å². The Morgan fingerprint density at radius 1 is 1.53 bits per heavy atom. The van der Waals surface area contributed by atoms with Gasteiger partial charge in [0.05, 0.1) is 22.8 Å². The number of nitrogens with one attached hydrogen (secondary N) is 1. The lowest BCUT2D eigenvalue weighted by atomic mass is 10.2. The molecule has 2 rings (SSSR count). The Balaban J connectivity index is 2.11. The fourth-order valence-corrected chi connectivity index (χ4v) is 3.70. The molecule has 104 valence electrons. The van der Waals surface area contributed by atoms with Crippen molar-refractivity contribution in [1.82, 2.24) is 9.97 Å². The topological polar surface area (TPSA) is 109 Å². The van der Waals surface area contributed by atoms with Crippen LogP contribution in [0.25, 0.3) is 0 Å². The molecule has 0 radical (unpaired) electrons. The summed E-state index contributed by atoms with van der Waals surface area (Å²) in [5.74, 6) is -0.520. The first kappa shape index (κ1) is 13.7. The zero-order valence-electron chi connectivity index (χ0n) is 10.5. The molecule has 1 atom stereocenters. The molecule has 1 aromatic heterocycles. The zero-order chi connectivity index (χ0) is 14.0. The van der Waals surface area contributed by atoms with Crippen LogP contribution in [0.3, 0.4) is 0 Å². The number of carbonyl (C=O) groups is 1. The van der Waals surface area contributed by atoms with Gasteiger partial charge in [-0.3, -0.25) is 0 Å². The average molecular weight is 285 g/mol. The van der Waals surface area contributed by atoms with E-state index in [2.05, 4.69) is 15.3 Å². The van der Waals surface area contributed by atoms with E-state index in [-0.39, 0.29) is 29.1 Å². The number of hydrogen-bond donors (Lipinski definition) is 2. The Bertz CT molecular complexity index is 600. The van der Waals surface area contributed by atoms with Crippen molar-refractivity contribution < 1.29 is 18.3 Å². The maximum atomic E-state index is 11.5. The van der Waals surface area contributed by atoms with Crippen molar-refractivity contribution in [3.63, 3.8) is 0 Å². The number of rotatable bonds is 3. The highest BCUT2D eigenvalue weighted by Gasteiger charge is 2.25. The van der Waals surface area contributed by atoms with Crippen molar-refractivity contribution in [2.24, 2.45) is 0 Å². The molecule has 0 saturated carbocycles. The molecule has 19 heavy (non-hydrogen) atoms. The van der Waals surface area contributed by atoms with Crippen LogP contribution < -0.4 is 5.32 Å². The lowest BCUT2D eigenvalue weighted by molar-refractivity contribution is 0.0695. The predicted octanol–water partition coefficient (Wildman–Crippen LogP) is 0.472. The lowest BCUT2D eigenvalue weighted by Crippen LogP contribution is -2.35. The van der Waals surface area contributed by atoms with Crippen molar-refractivity contribution >= 4 is 21.8 Å². The molecule has 2 heterocycles. The molecule has 1 fully saturated rings. The number of aromatic nitrogens is 2. The van der Waals surface area contributed by atoms with Crippen molar-refractivity contribution in [3.05, 3.63) is 17.5 Å². The summed E-state index contributed by atoms with van der Waals surface area (Å²) in [5.41, 5.74) is 0.394. The summed E-state index contributed by atoms with van der Waals surface area (Å²) >= 11 is 0. The van der Waals surface area contributed by atoms with Crippen LogP contribution in [0.5, 0.6) is 0 Å². The van der Waals surface area contributed by atoms with Gasteiger partial charge in [-0.1, -0.05) is 0 Å². The van der Waals surface area contributed by atoms with E-state index in [0.717, 1.165) is 6.42 Å². The van der Waals surface area contributed by atoms with Gasteiger partial charge < -0.3 is 10.4 Å². The maximum Gasteiger partial charge on any atom is 0.339 e. The van der Waals surface area contributed by atoms with Crippen molar-refractivity contribution in [1.29, 1.82) is 0 Å². The molecule has 0 spiro atoms. The van der Waals surface area contributed by atoms with Crippen LogP contribution in [0.4, 0.5) is 5.95 Å². The minimum atomic E-state index is -3.00. The van der Waals surface area contributed by atoms with Gasteiger partial charge in [-0.15, -0.1) is 0 Å². The number of hydrogen-bond acceptors (Lipinski definition) is 6. The third kappa shape index (κ3) is 3.40. The number of nitrogens with zero attached hydrogens (tertiary/aromatic N) is 2. The van der Waals surface area contributed by atoms with Crippen LogP contribution in [0.2, 0.25) is 0 Å². The number of carboxylic acids is 1. The number of sulfone groups is 1. The third-order valence-electron chi connectivity index (χ3n) is 3.01. The van der Waals surface area contributed by atoms with E-state index in [0.29, 0.717) is 12.1 Å². The highest BCUT2D eigenvalue weighted by molar-refractivity contribution is 7.91. The summed E-state index contributed by atoms with van der Waals surface area (Å²) in [7, 11) is -3.00. The molecule has 1 unspecified atom stereocenters. The quantitative estimate of drug-likeness (QED) is 0.830. The normalized spacial score (nSPS) is 21.8. The molecule has 1 saturated heterocycles. The van der Waals surface area contributed by atoms with Gasteiger partial charge in [0.2, 0.25) is 5.95 Å². The number of anilines is 1. The molecular formula is C11H15N3O4S. The molecule has 7 nitrogen and oxygen atoms in total. The molecule has 0 aliphatic carbocycles. The molecule has 0 amide bonds. The van der Waals surface area contributed by atoms with E-state index in [1.807, 2.05) is 0 Å². The standard InChI is InChI=1S/C11H15N3O4S/c1-7-9(10(15)16)5-12-11(13-7)14-8-3-2-4-19(17,18)6-8/h5,8H,2-4,6H2,1H3,(H,15,16)(H,12,13,14). The first-order valence-corrected chi connectivity index (χ1v) is 7.73. The van der Waals surface area contributed by atoms with Crippen LogP contribution in [-0.4, -0.2) is 47.0 Å². The second-order valence-electron chi connectivity index (χ2n) is 4.60. The van der Waals surface area contributed by atoms with Crippen molar-refractivity contribution in [2.45, 2.75) is 25.8 Å². The van der Waals surface area contributed by atoms with Gasteiger partial charge in [-0.05, 0) is 19.8 Å². The summed E-state index contributed by atoms with van der Waals surface area (Å²) in [6, 6.07) is -0.214. The van der Waals surface area contributed by atoms with E-state index in [4.69, 9.17) is 5.11 Å². The number of aromatic carboxylic acids is 1. The monoisotopic (exact) mass is 285 g/mol. The largest absolute Gasteiger partial charge is 0.478 e. The van der Waals surface area contributed by atoms with E-state index < -0.39 is 15.8 Å². The second kappa shape index (κ2) is 5.12.